The van der Waals surface area contributed by atoms with Gasteiger partial charge in [-0.2, -0.15) is 0 Å². The van der Waals surface area contributed by atoms with Gasteiger partial charge in [-0.05, 0) is 47.1 Å². The Bertz CT molecular complexity index is 554. The molecule has 3 heteroatoms. The summed E-state index contributed by atoms with van der Waals surface area (Å²) in [5.74, 6) is 0.323. The van der Waals surface area contributed by atoms with E-state index in [-0.39, 0.29) is 0 Å². The lowest BCUT2D eigenvalue weighted by molar-refractivity contribution is 0.873. The monoisotopic (exact) mass is 262 g/mol. The molecule has 0 aliphatic heterocycles. The summed E-state index contributed by atoms with van der Waals surface area (Å²) in [6, 6.07) is 0. The number of thiol groups is 3. The lowest BCUT2D eigenvalue weighted by Gasteiger charge is -2.31. The van der Waals surface area contributed by atoms with E-state index in [2.05, 4.69) is 68.3 Å². The second kappa shape index (κ2) is 3.76. The van der Waals surface area contributed by atoms with Crippen molar-refractivity contribution in [3.8, 4) is 0 Å². The first kappa shape index (κ1) is 10.6. The van der Waals surface area contributed by atoms with Crippen LogP contribution in [0, 0.1) is 5.92 Å². The molecule has 0 amide bonds. The predicted molar refractivity (Wildman–Crippen MR) is 78.9 cm³/mol. The zero-order valence-corrected chi connectivity index (χ0v) is 11.1. The first-order valence-electron chi connectivity index (χ1n) is 5.01. The molecule has 0 nitrogen and oxygen atoms in total. The molecule has 0 radical (unpaired) electrons. The van der Waals surface area contributed by atoms with E-state index in [0.717, 1.165) is 14.7 Å². The van der Waals surface area contributed by atoms with E-state index in [0.29, 0.717) is 5.92 Å². The van der Waals surface area contributed by atoms with Gasteiger partial charge in [0.15, 0.2) is 0 Å². The molecule has 3 rings (SSSR count). The van der Waals surface area contributed by atoms with Gasteiger partial charge in [-0.3, -0.25) is 0 Å². The van der Waals surface area contributed by atoms with Crippen molar-refractivity contribution >= 4 is 37.9 Å². The molecule has 3 aliphatic rings. The fraction of sp³-hybridized carbons (Fsp3) is 0.0769. The summed E-state index contributed by atoms with van der Waals surface area (Å²) in [5, 5.41) is 0. The normalized spacial score (nSPS) is 26.8. The SMILES string of the molecule is SC1=CC2=CC(S)=CC3=C(S)C=CC(=C1)C23. The Morgan fingerprint density at radius 1 is 0.750 bits per heavy atom. The minimum absolute atomic E-state index is 0.323. The molecular formula is C13H10S3. The van der Waals surface area contributed by atoms with Gasteiger partial charge in [0.05, 0.1) is 0 Å². The molecular weight excluding hydrogens is 252 g/mol. The Balaban J connectivity index is 2.26. The number of rotatable bonds is 0. The van der Waals surface area contributed by atoms with Gasteiger partial charge in [0.1, 0.15) is 0 Å². The summed E-state index contributed by atoms with van der Waals surface area (Å²) >= 11 is 13.4. The second-order valence-electron chi connectivity index (χ2n) is 4.03. The Morgan fingerprint density at radius 3 is 2.25 bits per heavy atom. The van der Waals surface area contributed by atoms with E-state index in [1.807, 2.05) is 6.08 Å². The predicted octanol–water partition coefficient (Wildman–Crippen LogP) is 3.86. The van der Waals surface area contributed by atoms with Crippen LogP contribution >= 0.6 is 37.9 Å². The zero-order chi connectivity index (χ0) is 11.3. The Hall–Kier alpha value is -0.510. The van der Waals surface area contributed by atoms with Gasteiger partial charge in [-0.25, -0.2) is 0 Å². The number of allylic oxidation sites excluding steroid dienone is 9. The molecule has 0 aromatic rings. The van der Waals surface area contributed by atoms with Gasteiger partial charge >= 0.3 is 0 Å². The molecule has 0 saturated carbocycles. The van der Waals surface area contributed by atoms with Crippen LogP contribution in [0.25, 0.3) is 0 Å². The van der Waals surface area contributed by atoms with Crippen LogP contribution in [0.4, 0.5) is 0 Å². The van der Waals surface area contributed by atoms with Crippen LogP contribution in [0.5, 0.6) is 0 Å². The van der Waals surface area contributed by atoms with Crippen molar-refractivity contribution in [2.45, 2.75) is 0 Å². The summed E-state index contributed by atoms with van der Waals surface area (Å²) in [6.45, 7) is 0. The fourth-order valence-electron chi connectivity index (χ4n) is 2.32. The molecule has 0 N–H and O–H groups in total. The van der Waals surface area contributed by atoms with E-state index < -0.39 is 0 Å². The highest BCUT2D eigenvalue weighted by Crippen LogP contribution is 2.44. The minimum Gasteiger partial charge on any atom is -0.143 e. The molecule has 80 valence electrons. The van der Waals surface area contributed by atoms with Crippen LogP contribution in [0.1, 0.15) is 0 Å². The molecule has 0 fully saturated rings. The first-order chi connectivity index (χ1) is 7.65. The van der Waals surface area contributed by atoms with Crippen LogP contribution in [-0.2, 0) is 0 Å². The van der Waals surface area contributed by atoms with E-state index in [9.17, 15) is 0 Å². The molecule has 0 bridgehead atoms. The zero-order valence-electron chi connectivity index (χ0n) is 8.38. The van der Waals surface area contributed by atoms with Gasteiger partial charge in [0, 0.05) is 20.6 Å². The molecule has 1 atom stereocenters. The van der Waals surface area contributed by atoms with Crippen molar-refractivity contribution < 1.29 is 0 Å². The fourth-order valence-corrected chi connectivity index (χ4v) is 3.17. The number of hydrogen-bond acceptors (Lipinski definition) is 3. The smallest absolute Gasteiger partial charge is 0.0352 e. The van der Waals surface area contributed by atoms with Crippen LogP contribution in [-0.4, -0.2) is 0 Å². The molecule has 1 unspecified atom stereocenters. The van der Waals surface area contributed by atoms with Crippen LogP contribution < -0.4 is 0 Å². The highest BCUT2D eigenvalue weighted by atomic mass is 32.1. The van der Waals surface area contributed by atoms with E-state index in [1.54, 1.807) is 0 Å². The average Bonchev–Trinajstić information content (AvgIpc) is 2.22. The van der Waals surface area contributed by atoms with Crippen molar-refractivity contribution in [2.75, 3.05) is 0 Å². The third-order valence-electron chi connectivity index (χ3n) is 2.95. The minimum atomic E-state index is 0.323. The third kappa shape index (κ3) is 1.58. The van der Waals surface area contributed by atoms with Crippen molar-refractivity contribution in [1.29, 1.82) is 0 Å². The molecule has 0 saturated heterocycles. The van der Waals surface area contributed by atoms with Crippen LogP contribution in [0.2, 0.25) is 0 Å². The van der Waals surface area contributed by atoms with Gasteiger partial charge < -0.3 is 0 Å². The molecule has 0 aromatic carbocycles. The van der Waals surface area contributed by atoms with Gasteiger partial charge in [0.25, 0.3) is 0 Å². The van der Waals surface area contributed by atoms with E-state index in [1.165, 1.54) is 16.7 Å². The van der Waals surface area contributed by atoms with Crippen LogP contribution in [0.3, 0.4) is 0 Å². The largest absolute Gasteiger partial charge is 0.143 e. The lowest BCUT2D eigenvalue weighted by Crippen LogP contribution is -2.17. The van der Waals surface area contributed by atoms with Crippen molar-refractivity contribution in [3.05, 3.63) is 67.9 Å². The molecule has 3 aliphatic carbocycles. The molecule has 0 spiro atoms. The van der Waals surface area contributed by atoms with Crippen LogP contribution in [0.15, 0.2) is 67.9 Å². The topological polar surface area (TPSA) is 0 Å². The second-order valence-corrected chi connectivity index (χ2v) is 5.55. The molecule has 0 aromatic heterocycles. The van der Waals surface area contributed by atoms with E-state index in [4.69, 9.17) is 0 Å². The van der Waals surface area contributed by atoms with Gasteiger partial charge in [-0.15, -0.1) is 37.9 Å². The third-order valence-corrected chi connectivity index (χ3v) is 3.88. The maximum absolute atomic E-state index is 4.51. The summed E-state index contributed by atoms with van der Waals surface area (Å²) in [5.41, 5.74) is 3.77. The highest BCUT2D eigenvalue weighted by Gasteiger charge is 2.29. The van der Waals surface area contributed by atoms with E-state index >= 15 is 0 Å². The average molecular weight is 262 g/mol. The highest BCUT2D eigenvalue weighted by molar-refractivity contribution is 7.85. The molecule has 0 heterocycles. The van der Waals surface area contributed by atoms with Crippen molar-refractivity contribution in [3.63, 3.8) is 0 Å². The maximum atomic E-state index is 4.51. The number of hydrogen-bond donors (Lipinski definition) is 3. The summed E-state index contributed by atoms with van der Waals surface area (Å²) < 4.78 is 0. The Kier molecular flexibility index (Phi) is 2.50. The Labute approximate surface area is 111 Å². The van der Waals surface area contributed by atoms with Crippen molar-refractivity contribution in [2.24, 2.45) is 5.92 Å². The standard InChI is InChI=1S/C13H10S3/c14-9-3-7-1-2-12(16)11-6-10(15)5-8(4-9)13(7)11/h1-6,13-16H. The maximum Gasteiger partial charge on any atom is 0.0352 e. The van der Waals surface area contributed by atoms with Gasteiger partial charge in [-0.1, -0.05) is 6.08 Å². The van der Waals surface area contributed by atoms with Crippen molar-refractivity contribution in [1.82, 2.24) is 0 Å². The van der Waals surface area contributed by atoms with Gasteiger partial charge in [0.2, 0.25) is 0 Å². The lowest BCUT2D eigenvalue weighted by atomic mass is 9.76. The summed E-state index contributed by atoms with van der Waals surface area (Å²) in [4.78, 5) is 2.99. The first-order valence-corrected chi connectivity index (χ1v) is 6.35. The summed E-state index contributed by atoms with van der Waals surface area (Å²) in [7, 11) is 0. The summed E-state index contributed by atoms with van der Waals surface area (Å²) in [6.07, 6.45) is 12.5. The molecule has 16 heavy (non-hydrogen) atoms. The Morgan fingerprint density at radius 2 is 1.44 bits per heavy atom. The quantitative estimate of drug-likeness (QED) is 0.542.